The number of benzene rings is 3. The van der Waals surface area contributed by atoms with Crippen LogP contribution in [0.1, 0.15) is 42.3 Å². The molecule has 1 aliphatic heterocycles. The molecule has 0 spiro atoms. The second-order valence-corrected chi connectivity index (χ2v) is 10.5. The van der Waals surface area contributed by atoms with Crippen molar-refractivity contribution >= 4 is 23.2 Å². The fourth-order valence-corrected chi connectivity index (χ4v) is 4.20. The number of nitrogens with one attached hydrogen (secondary N) is 3. The number of ether oxygens (including phenoxy) is 1. The molecule has 0 bridgehead atoms. The van der Waals surface area contributed by atoms with Crippen molar-refractivity contribution in [2.75, 3.05) is 11.9 Å². The SMILES string of the molecule is CC(C)(C)COc1[nH]nc(-c2ccccc2F)c1C(=O)N[C@H]1N=C(c2ccccc2)c2cccc(F)c2NC1=O. The minimum absolute atomic E-state index is 0.00938. The van der Waals surface area contributed by atoms with Gasteiger partial charge in [0.1, 0.15) is 22.9 Å². The summed E-state index contributed by atoms with van der Waals surface area (Å²) in [7, 11) is 0. The minimum atomic E-state index is -1.45. The van der Waals surface area contributed by atoms with E-state index >= 15 is 0 Å². The highest BCUT2D eigenvalue weighted by Crippen LogP contribution is 2.32. The van der Waals surface area contributed by atoms with Crippen LogP contribution < -0.4 is 15.4 Å². The van der Waals surface area contributed by atoms with Crippen molar-refractivity contribution < 1.29 is 23.1 Å². The van der Waals surface area contributed by atoms with E-state index in [1.54, 1.807) is 36.4 Å². The van der Waals surface area contributed by atoms with Gasteiger partial charge in [-0.15, -0.1) is 0 Å². The summed E-state index contributed by atoms with van der Waals surface area (Å²) in [4.78, 5) is 31.6. The average molecular weight is 544 g/mol. The van der Waals surface area contributed by atoms with Crippen molar-refractivity contribution in [2.45, 2.75) is 26.9 Å². The van der Waals surface area contributed by atoms with Crippen molar-refractivity contribution in [1.82, 2.24) is 15.5 Å². The van der Waals surface area contributed by atoms with Crippen LogP contribution in [0.15, 0.2) is 77.8 Å². The van der Waals surface area contributed by atoms with Crippen LogP contribution in [0.2, 0.25) is 0 Å². The van der Waals surface area contributed by atoms with Gasteiger partial charge in [-0.3, -0.25) is 9.59 Å². The Labute approximate surface area is 229 Å². The summed E-state index contributed by atoms with van der Waals surface area (Å²) in [6, 6.07) is 19.2. The van der Waals surface area contributed by atoms with Gasteiger partial charge in [0.2, 0.25) is 12.0 Å². The summed E-state index contributed by atoms with van der Waals surface area (Å²) in [6.07, 6.45) is -1.45. The number of anilines is 1. The Kier molecular flexibility index (Phi) is 7.17. The highest BCUT2D eigenvalue weighted by Gasteiger charge is 2.32. The third-order valence-electron chi connectivity index (χ3n) is 6.08. The molecule has 0 saturated carbocycles. The molecule has 3 aromatic carbocycles. The Bertz CT molecular complexity index is 1610. The predicted octanol–water partition coefficient (Wildman–Crippen LogP) is 5.33. The number of para-hydroxylation sites is 1. The summed E-state index contributed by atoms with van der Waals surface area (Å²) in [5, 5.41) is 12.0. The quantitative estimate of drug-likeness (QED) is 0.306. The zero-order valence-electron chi connectivity index (χ0n) is 22.1. The number of amides is 2. The van der Waals surface area contributed by atoms with Gasteiger partial charge >= 0.3 is 0 Å². The molecular weight excluding hydrogens is 516 g/mol. The number of hydrogen-bond donors (Lipinski definition) is 3. The van der Waals surface area contributed by atoms with Crippen LogP contribution in [-0.4, -0.2) is 40.5 Å². The first-order valence-corrected chi connectivity index (χ1v) is 12.6. The lowest BCUT2D eigenvalue weighted by Crippen LogP contribution is -2.42. The van der Waals surface area contributed by atoms with E-state index < -0.39 is 29.6 Å². The standard InChI is InChI=1S/C30H27F2N5O3/c1-30(2,3)16-40-29-22(25(36-37-29)18-12-7-8-14-20(18)31)27(38)35-26-28(39)34-24-19(13-9-15-21(24)32)23(33-26)17-10-5-4-6-11-17/h4-15,26H,16H2,1-3H3,(H,34,39)(H,35,38)(H,36,37)/t26-/m1/s1. The zero-order valence-corrected chi connectivity index (χ0v) is 22.1. The second-order valence-electron chi connectivity index (χ2n) is 10.5. The number of aromatic nitrogens is 2. The van der Waals surface area contributed by atoms with Crippen molar-refractivity contribution in [2.24, 2.45) is 10.4 Å². The van der Waals surface area contributed by atoms with Crippen LogP contribution in [0.5, 0.6) is 5.88 Å². The van der Waals surface area contributed by atoms with Crippen LogP contribution in [0.3, 0.4) is 0 Å². The number of benzodiazepines with no additional fused rings is 1. The molecule has 3 N–H and O–H groups in total. The molecule has 10 heteroatoms. The van der Waals surface area contributed by atoms with Gasteiger partial charge < -0.3 is 15.4 Å². The molecule has 0 fully saturated rings. The number of fused-ring (bicyclic) bond motifs is 1. The number of rotatable bonds is 6. The molecule has 204 valence electrons. The van der Waals surface area contributed by atoms with Gasteiger partial charge in [0.15, 0.2) is 0 Å². The molecule has 2 heterocycles. The number of aromatic amines is 1. The van der Waals surface area contributed by atoms with E-state index in [0.29, 0.717) is 16.8 Å². The Morgan fingerprint density at radius 2 is 1.62 bits per heavy atom. The van der Waals surface area contributed by atoms with Crippen LogP contribution in [0.25, 0.3) is 11.3 Å². The molecule has 4 aromatic rings. The highest BCUT2D eigenvalue weighted by atomic mass is 19.1. The lowest BCUT2D eigenvalue weighted by molar-refractivity contribution is -0.117. The monoisotopic (exact) mass is 543 g/mol. The van der Waals surface area contributed by atoms with Crippen molar-refractivity contribution in [1.29, 1.82) is 0 Å². The molecule has 0 saturated heterocycles. The number of hydrogen-bond acceptors (Lipinski definition) is 5. The van der Waals surface area contributed by atoms with E-state index in [1.165, 1.54) is 30.3 Å². The maximum atomic E-state index is 14.8. The average Bonchev–Trinajstić information content (AvgIpc) is 3.29. The number of carbonyl (C=O) groups excluding carboxylic acids is 2. The molecule has 1 atom stereocenters. The van der Waals surface area contributed by atoms with Gasteiger partial charge in [-0.2, -0.15) is 5.10 Å². The van der Waals surface area contributed by atoms with Gasteiger partial charge in [-0.25, -0.2) is 18.9 Å². The summed E-state index contributed by atoms with van der Waals surface area (Å²) in [5.74, 6) is -2.75. The van der Waals surface area contributed by atoms with Gasteiger partial charge in [-0.05, 0) is 23.6 Å². The van der Waals surface area contributed by atoms with Crippen LogP contribution in [0, 0.1) is 17.0 Å². The molecule has 2 amide bonds. The van der Waals surface area contributed by atoms with Gasteiger partial charge in [-0.1, -0.05) is 75.4 Å². The molecule has 5 rings (SSSR count). The van der Waals surface area contributed by atoms with E-state index in [9.17, 15) is 18.4 Å². The lowest BCUT2D eigenvalue weighted by Gasteiger charge is -2.19. The van der Waals surface area contributed by atoms with E-state index in [-0.39, 0.29) is 40.4 Å². The fourth-order valence-electron chi connectivity index (χ4n) is 4.20. The van der Waals surface area contributed by atoms with E-state index in [2.05, 4.69) is 25.8 Å². The predicted molar refractivity (Wildman–Crippen MR) is 147 cm³/mol. The van der Waals surface area contributed by atoms with Crippen LogP contribution in [0.4, 0.5) is 14.5 Å². The first-order valence-electron chi connectivity index (χ1n) is 12.6. The van der Waals surface area contributed by atoms with E-state index in [4.69, 9.17) is 4.74 Å². The van der Waals surface area contributed by atoms with Crippen LogP contribution >= 0.6 is 0 Å². The molecular formula is C30H27F2N5O3. The first kappa shape index (κ1) is 26.7. The molecule has 0 radical (unpaired) electrons. The number of nitrogens with zero attached hydrogens (tertiary/aromatic N) is 2. The number of H-pyrrole nitrogens is 1. The molecule has 1 aliphatic rings. The topological polar surface area (TPSA) is 108 Å². The maximum absolute atomic E-state index is 14.8. The van der Waals surface area contributed by atoms with Crippen molar-refractivity contribution in [3.05, 3.63) is 101 Å². The molecule has 0 aliphatic carbocycles. The van der Waals surface area contributed by atoms with Gasteiger partial charge in [0.25, 0.3) is 11.8 Å². The van der Waals surface area contributed by atoms with E-state index in [1.807, 2.05) is 26.8 Å². The third kappa shape index (κ3) is 5.47. The zero-order chi connectivity index (χ0) is 28.4. The fraction of sp³-hybridized carbons (Fsp3) is 0.200. The largest absolute Gasteiger partial charge is 0.477 e. The number of aliphatic imine (C=N–C) groups is 1. The third-order valence-corrected chi connectivity index (χ3v) is 6.08. The Hall–Kier alpha value is -4.86. The normalized spacial score (nSPS) is 15.0. The highest BCUT2D eigenvalue weighted by molar-refractivity contribution is 6.20. The smallest absolute Gasteiger partial charge is 0.269 e. The van der Waals surface area contributed by atoms with Crippen LogP contribution in [-0.2, 0) is 4.79 Å². The van der Waals surface area contributed by atoms with Gasteiger partial charge in [0, 0.05) is 16.7 Å². The first-order chi connectivity index (χ1) is 19.1. The molecule has 8 nitrogen and oxygen atoms in total. The summed E-state index contributed by atoms with van der Waals surface area (Å²) >= 11 is 0. The molecule has 0 unspecified atom stereocenters. The van der Waals surface area contributed by atoms with Gasteiger partial charge in [0.05, 0.1) is 18.0 Å². The Morgan fingerprint density at radius 1 is 0.950 bits per heavy atom. The minimum Gasteiger partial charge on any atom is -0.477 e. The Balaban J connectivity index is 1.57. The molecule has 40 heavy (non-hydrogen) atoms. The van der Waals surface area contributed by atoms with Crippen molar-refractivity contribution in [3.63, 3.8) is 0 Å². The number of halogens is 2. The summed E-state index contributed by atoms with van der Waals surface area (Å²) in [5.41, 5.74) is 0.976. The summed E-state index contributed by atoms with van der Waals surface area (Å²) < 4.78 is 35.5. The van der Waals surface area contributed by atoms with E-state index in [0.717, 1.165) is 0 Å². The molecule has 1 aromatic heterocycles. The maximum Gasteiger partial charge on any atom is 0.269 e. The summed E-state index contributed by atoms with van der Waals surface area (Å²) in [6.45, 7) is 6.08. The number of carbonyl (C=O) groups is 2. The Morgan fingerprint density at radius 3 is 2.35 bits per heavy atom. The lowest BCUT2D eigenvalue weighted by atomic mass is 9.99. The second kappa shape index (κ2) is 10.7. The van der Waals surface area contributed by atoms with Crippen molar-refractivity contribution in [3.8, 4) is 17.1 Å².